The average molecular weight is 552 g/mol. The number of rotatable bonds is 5. The van der Waals surface area contributed by atoms with Crippen LogP contribution >= 0.6 is 0 Å². The number of amides is 1. The molecule has 0 N–H and O–H groups in total. The van der Waals surface area contributed by atoms with Crippen molar-refractivity contribution < 1.29 is 37.0 Å². The Morgan fingerprint density at radius 3 is 2.10 bits per heavy atom. The maximum absolute atomic E-state index is 13.5. The van der Waals surface area contributed by atoms with Gasteiger partial charge in [-0.25, -0.2) is 4.79 Å². The lowest BCUT2D eigenvalue weighted by Gasteiger charge is -2.47. The van der Waals surface area contributed by atoms with Crippen LogP contribution in [0, 0.1) is 5.92 Å². The maximum Gasteiger partial charge on any atom is 0.419 e. The van der Waals surface area contributed by atoms with Crippen LogP contribution in [0.25, 0.3) is 11.1 Å². The molecule has 1 aliphatic carbocycles. The summed E-state index contributed by atoms with van der Waals surface area (Å²) in [5.41, 5.74) is 3.49. The van der Waals surface area contributed by atoms with Crippen molar-refractivity contribution in [3.05, 3.63) is 89.0 Å². The van der Waals surface area contributed by atoms with Gasteiger partial charge in [-0.05, 0) is 53.3 Å². The Hall–Kier alpha value is -3.85. The largest absolute Gasteiger partial charge is 0.496 e. The number of ketones is 1. The van der Waals surface area contributed by atoms with E-state index in [1.807, 2.05) is 24.3 Å². The van der Waals surface area contributed by atoms with Gasteiger partial charge in [0.1, 0.15) is 12.4 Å². The molecular weight excluding hydrogens is 523 g/mol. The Kier molecular flexibility index (Phi) is 6.78. The third kappa shape index (κ3) is 4.62. The van der Waals surface area contributed by atoms with Gasteiger partial charge in [0.05, 0.1) is 38.0 Å². The van der Waals surface area contributed by atoms with Gasteiger partial charge >= 0.3 is 12.3 Å². The summed E-state index contributed by atoms with van der Waals surface area (Å²) in [6, 6.07) is 18.8. The zero-order valence-electron chi connectivity index (χ0n) is 21.8. The molecule has 0 aromatic heterocycles. The first-order valence-electron chi connectivity index (χ1n) is 13.3. The van der Waals surface area contributed by atoms with Crippen LogP contribution < -0.4 is 4.74 Å². The number of carbonyl (C=O) groups excluding carboxylic acids is 2. The first kappa shape index (κ1) is 26.4. The number of ether oxygens (including phenoxy) is 3. The highest BCUT2D eigenvalue weighted by atomic mass is 19.4. The molecule has 2 fully saturated rings. The predicted octanol–water partition coefficient (Wildman–Crippen LogP) is 6.33. The number of halogens is 3. The van der Waals surface area contributed by atoms with Crippen LogP contribution in [0.15, 0.2) is 66.7 Å². The van der Waals surface area contributed by atoms with Gasteiger partial charge in [-0.2, -0.15) is 13.2 Å². The Bertz CT molecular complexity index is 1400. The van der Waals surface area contributed by atoms with Crippen molar-refractivity contribution in [2.24, 2.45) is 5.92 Å². The summed E-state index contributed by atoms with van der Waals surface area (Å²) in [6.07, 6.45) is -4.55. The zero-order valence-corrected chi connectivity index (χ0v) is 21.8. The maximum atomic E-state index is 13.5. The molecule has 2 atom stereocenters. The summed E-state index contributed by atoms with van der Waals surface area (Å²) in [7, 11) is 1.16. The van der Waals surface area contributed by atoms with E-state index >= 15 is 0 Å². The minimum absolute atomic E-state index is 0.0216. The predicted molar refractivity (Wildman–Crippen MR) is 140 cm³/mol. The summed E-state index contributed by atoms with van der Waals surface area (Å²) in [6.45, 7) is 0.653. The van der Waals surface area contributed by atoms with E-state index in [0.717, 1.165) is 35.4 Å². The number of Topliss-reactive ketones (excluding diaryl/α,β-unsaturated/α-hetero) is 1. The van der Waals surface area contributed by atoms with Crippen molar-refractivity contribution in [1.29, 1.82) is 0 Å². The lowest BCUT2D eigenvalue weighted by Crippen LogP contribution is -2.60. The number of alkyl halides is 3. The third-order valence-electron chi connectivity index (χ3n) is 8.23. The van der Waals surface area contributed by atoms with E-state index in [0.29, 0.717) is 0 Å². The fourth-order valence-corrected chi connectivity index (χ4v) is 6.41. The molecule has 208 valence electrons. The van der Waals surface area contributed by atoms with E-state index in [1.54, 1.807) is 4.90 Å². The van der Waals surface area contributed by atoms with Crippen LogP contribution in [0.1, 0.15) is 45.8 Å². The Balaban J connectivity index is 1.16. The SMILES string of the molecule is COc1ccc(C(=O)C2CC3COCC(C2)N3C(=O)OCC2c3ccccc3-c3ccccc32)cc1C(F)(F)F. The number of hydrogen-bond acceptors (Lipinski definition) is 5. The minimum Gasteiger partial charge on any atom is -0.496 e. The van der Waals surface area contributed by atoms with Gasteiger partial charge in [-0.3, -0.25) is 9.69 Å². The molecule has 0 spiro atoms. The third-order valence-corrected chi connectivity index (χ3v) is 8.23. The number of methoxy groups -OCH3 is 1. The van der Waals surface area contributed by atoms with Gasteiger partial charge in [-0.15, -0.1) is 0 Å². The summed E-state index contributed by atoms with van der Waals surface area (Å²) >= 11 is 0. The van der Waals surface area contributed by atoms with Gasteiger partial charge in [0.25, 0.3) is 0 Å². The first-order valence-corrected chi connectivity index (χ1v) is 13.3. The van der Waals surface area contributed by atoms with Crippen LogP contribution in [0.5, 0.6) is 5.75 Å². The van der Waals surface area contributed by atoms with Crippen molar-refractivity contribution in [2.45, 2.75) is 37.0 Å². The van der Waals surface area contributed by atoms with Crippen molar-refractivity contribution in [3.63, 3.8) is 0 Å². The number of nitrogens with zero attached hydrogens (tertiary/aromatic N) is 1. The second-order valence-corrected chi connectivity index (χ2v) is 10.5. The van der Waals surface area contributed by atoms with E-state index in [1.165, 1.54) is 12.1 Å². The van der Waals surface area contributed by atoms with Gasteiger partial charge in [0.15, 0.2) is 5.78 Å². The molecule has 2 unspecified atom stereocenters. The van der Waals surface area contributed by atoms with Crippen LogP contribution in [0.4, 0.5) is 18.0 Å². The molecule has 3 aliphatic rings. The molecule has 9 heteroatoms. The number of fused-ring (bicyclic) bond motifs is 5. The molecule has 2 bridgehead atoms. The molecule has 1 amide bonds. The molecule has 2 heterocycles. The smallest absolute Gasteiger partial charge is 0.419 e. The van der Waals surface area contributed by atoms with E-state index in [4.69, 9.17) is 14.2 Å². The molecule has 3 aromatic carbocycles. The highest BCUT2D eigenvalue weighted by Gasteiger charge is 2.45. The Labute approximate surface area is 229 Å². The second kappa shape index (κ2) is 10.3. The average Bonchev–Trinajstić information content (AvgIpc) is 3.27. The molecule has 2 saturated heterocycles. The van der Waals surface area contributed by atoms with Crippen LogP contribution in [0.3, 0.4) is 0 Å². The Morgan fingerprint density at radius 2 is 1.52 bits per heavy atom. The quantitative estimate of drug-likeness (QED) is 0.347. The highest BCUT2D eigenvalue weighted by molar-refractivity contribution is 5.98. The minimum atomic E-state index is -4.65. The van der Waals surface area contributed by atoms with Crippen molar-refractivity contribution in [2.75, 3.05) is 26.9 Å². The van der Waals surface area contributed by atoms with Crippen LogP contribution in [-0.4, -0.2) is 55.8 Å². The van der Waals surface area contributed by atoms with E-state index < -0.39 is 35.8 Å². The molecule has 0 saturated carbocycles. The van der Waals surface area contributed by atoms with E-state index in [9.17, 15) is 22.8 Å². The van der Waals surface area contributed by atoms with E-state index in [-0.39, 0.29) is 55.7 Å². The summed E-state index contributed by atoms with van der Waals surface area (Å²) < 4.78 is 57.0. The topological polar surface area (TPSA) is 65.1 Å². The molecule has 6 rings (SSSR count). The summed E-state index contributed by atoms with van der Waals surface area (Å²) in [5.74, 6) is -1.33. The van der Waals surface area contributed by atoms with Gasteiger partial charge in [0, 0.05) is 17.4 Å². The molecule has 6 nitrogen and oxygen atoms in total. The van der Waals surface area contributed by atoms with E-state index in [2.05, 4.69) is 24.3 Å². The fourth-order valence-electron chi connectivity index (χ4n) is 6.41. The van der Waals surface area contributed by atoms with Gasteiger partial charge in [0.2, 0.25) is 0 Å². The molecule has 3 aromatic rings. The van der Waals surface area contributed by atoms with Gasteiger partial charge in [-0.1, -0.05) is 48.5 Å². The number of benzene rings is 3. The number of hydrogen-bond donors (Lipinski definition) is 0. The lowest BCUT2D eigenvalue weighted by atomic mass is 9.80. The normalized spacial score (nSPS) is 21.9. The fraction of sp³-hybridized carbons (Fsp3) is 0.355. The number of piperidine rings is 1. The van der Waals surface area contributed by atoms with Crippen molar-refractivity contribution >= 4 is 11.9 Å². The van der Waals surface area contributed by atoms with Crippen LogP contribution in [-0.2, 0) is 15.7 Å². The lowest BCUT2D eigenvalue weighted by molar-refractivity contribution is -0.138. The first-order chi connectivity index (χ1) is 19.3. The standard InChI is InChI=1S/C31H28F3NO5/c1-38-28-11-10-18(14-27(28)31(32,33)34)29(36)19-12-20-15-39-16-21(13-19)35(20)30(37)40-17-26-24-8-4-2-6-22(24)23-7-3-5-9-25(23)26/h2-11,14,19-21,26H,12-13,15-17H2,1H3. The van der Waals surface area contributed by atoms with Crippen molar-refractivity contribution in [3.8, 4) is 16.9 Å². The summed E-state index contributed by atoms with van der Waals surface area (Å²) in [4.78, 5) is 28.4. The highest BCUT2D eigenvalue weighted by Crippen LogP contribution is 2.45. The second-order valence-electron chi connectivity index (χ2n) is 10.5. The monoisotopic (exact) mass is 551 g/mol. The Morgan fingerprint density at radius 1 is 0.925 bits per heavy atom. The summed E-state index contributed by atoms with van der Waals surface area (Å²) in [5, 5.41) is 0. The molecule has 2 aliphatic heterocycles. The van der Waals surface area contributed by atoms with Crippen molar-refractivity contribution in [1.82, 2.24) is 4.90 Å². The zero-order chi connectivity index (χ0) is 28.0. The van der Waals surface area contributed by atoms with Crippen LogP contribution in [0.2, 0.25) is 0 Å². The number of morpholine rings is 1. The molecule has 40 heavy (non-hydrogen) atoms. The molecular formula is C31H28F3NO5. The molecule has 0 radical (unpaired) electrons. The van der Waals surface area contributed by atoms with Gasteiger partial charge < -0.3 is 14.2 Å². The number of carbonyl (C=O) groups is 2.